The quantitative estimate of drug-likeness (QED) is 0.425. The van der Waals surface area contributed by atoms with Crippen LogP contribution in [0.15, 0.2) is 65.6 Å². The molecule has 3 aromatic rings. The molecule has 4 N–H and O–H groups in total. The number of halogens is 1. The summed E-state index contributed by atoms with van der Waals surface area (Å²) in [6.07, 6.45) is 0. The van der Waals surface area contributed by atoms with E-state index in [1.54, 1.807) is 12.1 Å². The second kappa shape index (κ2) is 8.52. The second-order valence-electron chi connectivity index (χ2n) is 6.13. The van der Waals surface area contributed by atoms with Crippen LogP contribution in [0.1, 0.15) is 10.4 Å². The number of nitrogens with one attached hydrogen (secondary N) is 2. The fourth-order valence-corrected chi connectivity index (χ4v) is 3.83. The van der Waals surface area contributed by atoms with Crippen molar-refractivity contribution < 1.29 is 28.2 Å². The van der Waals surface area contributed by atoms with Gasteiger partial charge in [-0.1, -0.05) is 17.7 Å². The van der Waals surface area contributed by atoms with Crippen LogP contribution in [0.25, 0.3) is 0 Å². The number of sulfonamides is 1. The molecule has 0 saturated carbocycles. The van der Waals surface area contributed by atoms with Crippen molar-refractivity contribution in [3.05, 3.63) is 71.2 Å². The van der Waals surface area contributed by atoms with Gasteiger partial charge in [0.25, 0.3) is 15.9 Å². The van der Waals surface area contributed by atoms with Crippen molar-refractivity contribution in [2.24, 2.45) is 0 Å². The number of hydrogen-bond donors (Lipinski definition) is 4. The topological polar surface area (TPSA) is 125 Å². The molecule has 0 aliphatic carbocycles. The van der Waals surface area contributed by atoms with Gasteiger partial charge >= 0.3 is 0 Å². The van der Waals surface area contributed by atoms with Gasteiger partial charge < -0.3 is 20.3 Å². The van der Waals surface area contributed by atoms with E-state index in [0.29, 0.717) is 10.8 Å². The standard InChI is InChI=1S/C20H17ClN2O6S/c1-29-14-5-7-16(19(25)10-14)20(26)22-17-11-15(6-8-18(17)24)30(27,28)23-13-4-2-3-12(21)9-13/h2-11,23-25H,1H3,(H,22,26). The van der Waals surface area contributed by atoms with E-state index in [-0.39, 0.29) is 33.3 Å². The van der Waals surface area contributed by atoms with Crippen LogP contribution < -0.4 is 14.8 Å². The average Bonchev–Trinajstić information content (AvgIpc) is 2.69. The lowest BCUT2D eigenvalue weighted by atomic mass is 10.1. The van der Waals surface area contributed by atoms with Gasteiger partial charge in [0, 0.05) is 11.1 Å². The van der Waals surface area contributed by atoms with E-state index in [2.05, 4.69) is 10.0 Å². The first kappa shape index (κ1) is 21.3. The van der Waals surface area contributed by atoms with Crippen LogP contribution in [0, 0.1) is 0 Å². The Balaban J connectivity index is 1.87. The Morgan fingerprint density at radius 1 is 1.00 bits per heavy atom. The minimum absolute atomic E-state index is 0.0829. The molecule has 0 aromatic heterocycles. The Labute approximate surface area is 177 Å². The van der Waals surface area contributed by atoms with Crippen LogP contribution in [0.2, 0.25) is 5.02 Å². The highest BCUT2D eigenvalue weighted by atomic mass is 35.5. The van der Waals surface area contributed by atoms with E-state index in [0.717, 1.165) is 12.1 Å². The normalized spacial score (nSPS) is 11.0. The number of rotatable bonds is 6. The Morgan fingerprint density at radius 2 is 1.77 bits per heavy atom. The van der Waals surface area contributed by atoms with Crippen molar-refractivity contribution in [2.45, 2.75) is 4.90 Å². The van der Waals surface area contributed by atoms with Gasteiger partial charge in [-0.2, -0.15) is 0 Å². The molecule has 0 heterocycles. The molecule has 3 aromatic carbocycles. The maximum atomic E-state index is 12.7. The second-order valence-corrected chi connectivity index (χ2v) is 8.25. The lowest BCUT2D eigenvalue weighted by molar-refractivity contribution is 0.102. The maximum absolute atomic E-state index is 12.7. The summed E-state index contributed by atoms with van der Waals surface area (Å²) in [4.78, 5) is 12.3. The summed E-state index contributed by atoms with van der Waals surface area (Å²) in [5, 5.41) is 22.8. The molecular formula is C20H17ClN2O6S. The first-order valence-electron chi connectivity index (χ1n) is 8.49. The largest absolute Gasteiger partial charge is 0.507 e. The molecule has 0 radical (unpaired) electrons. The van der Waals surface area contributed by atoms with Gasteiger partial charge in [-0.15, -0.1) is 0 Å². The molecule has 3 rings (SSSR count). The molecule has 0 fully saturated rings. The van der Waals surface area contributed by atoms with Crippen molar-refractivity contribution in [3.8, 4) is 17.2 Å². The Morgan fingerprint density at radius 3 is 2.43 bits per heavy atom. The number of phenolic OH excluding ortho intramolecular Hbond substituents is 2. The minimum Gasteiger partial charge on any atom is -0.507 e. The highest BCUT2D eigenvalue weighted by molar-refractivity contribution is 7.92. The third-order valence-electron chi connectivity index (χ3n) is 4.05. The van der Waals surface area contributed by atoms with E-state index < -0.39 is 15.9 Å². The van der Waals surface area contributed by atoms with Gasteiger partial charge in [0.05, 0.1) is 28.9 Å². The van der Waals surface area contributed by atoms with Gasteiger partial charge in [-0.3, -0.25) is 9.52 Å². The van der Waals surface area contributed by atoms with Gasteiger partial charge in [-0.05, 0) is 48.5 Å². The fourth-order valence-electron chi connectivity index (χ4n) is 2.57. The maximum Gasteiger partial charge on any atom is 0.261 e. The van der Waals surface area contributed by atoms with Crippen LogP contribution in [-0.4, -0.2) is 31.6 Å². The van der Waals surface area contributed by atoms with Crippen molar-refractivity contribution in [1.82, 2.24) is 0 Å². The zero-order valence-corrected chi connectivity index (χ0v) is 17.2. The zero-order valence-electron chi connectivity index (χ0n) is 15.6. The third-order valence-corrected chi connectivity index (χ3v) is 5.67. The van der Waals surface area contributed by atoms with Gasteiger partial charge in [-0.25, -0.2) is 8.42 Å². The molecule has 156 valence electrons. The van der Waals surface area contributed by atoms with Crippen molar-refractivity contribution in [2.75, 3.05) is 17.1 Å². The number of hydrogen-bond acceptors (Lipinski definition) is 6. The molecule has 0 saturated heterocycles. The molecule has 0 spiro atoms. The Kier molecular flexibility index (Phi) is 6.04. The van der Waals surface area contributed by atoms with Crippen LogP contribution in [0.3, 0.4) is 0 Å². The van der Waals surface area contributed by atoms with Gasteiger partial charge in [0.2, 0.25) is 0 Å². The fraction of sp³-hybridized carbons (Fsp3) is 0.0500. The SMILES string of the molecule is COc1ccc(C(=O)Nc2cc(S(=O)(=O)Nc3cccc(Cl)c3)ccc2O)c(O)c1. The van der Waals surface area contributed by atoms with Crippen LogP contribution >= 0.6 is 11.6 Å². The predicted molar refractivity (Wildman–Crippen MR) is 113 cm³/mol. The van der Waals surface area contributed by atoms with E-state index in [1.165, 1.54) is 43.5 Å². The monoisotopic (exact) mass is 448 g/mol. The summed E-state index contributed by atoms with van der Waals surface area (Å²) in [5.74, 6) is -1.08. The molecule has 0 aliphatic rings. The third kappa shape index (κ3) is 4.76. The number of anilines is 2. The zero-order chi connectivity index (χ0) is 21.9. The number of ether oxygens (including phenoxy) is 1. The molecule has 0 bridgehead atoms. The Hall–Kier alpha value is -3.43. The van der Waals surface area contributed by atoms with Crippen LogP contribution in [0.5, 0.6) is 17.2 Å². The molecule has 30 heavy (non-hydrogen) atoms. The minimum atomic E-state index is -4.02. The summed E-state index contributed by atoms with van der Waals surface area (Å²) in [5.41, 5.74) is 0.0222. The highest BCUT2D eigenvalue weighted by Gasteiger charge is 2.19. The lowest BCUT2D eigenvalue weighted by Crippen LogP contribution is -2.15. The van der Waals surface area contributed by atoms with E-state index >= 15 is 0 Å². The first-order valence-corrected chi connectivity index (χ1v) is 10.4. The molecule has 0 atom stereocenters. The smallest absolute Gasteiger partial charge is 0.261 e. The summed E-state index contributed by atoms with van der Waals surface area (Å²) in [7, 11) is -2.61. The van der Waals surface area contributed by atoms with Gasteiger partial charge in [0.1, 0.15) is 17.2 Å². The number of methoxy groups -OCH3 is 1. The molecule has 8 nitrogen and oxygen atoms in total. The number of amides is 1. The number of phenols is 2. The number of carbonyl (C=O) groups excluding carboxylic acids is 1. The van der Waals surface area contributed by atoms with Crippen LogP contribution in [-0.2, 0) is 10.0 Å². The average molecular weight is 449 g/mol. The predicted octanol–water partition coefficient (Wildman–Crippen LogP) is 3.81. The number of aromatic hydroxyl groups is 2. The summed E-state index contributed by atoms with van der Waals surface area (Å²) >= 11 is 5.87. The van der Waals surface area contributed by atoms with Crippen LogP contribution in [0.4, 0.5) is 11.4 Å². The van der Waals surface area contributed by atoms with E-state index in [4.69, 9.17) is 16.3 Å². The Bertz CT molecular complexity index is 1210. The number of benzene rings is 3. The molecule has 10 heteroatoms. The molecule has 1 amide bonds. The molecule has 0 unspecified atom stereocenters. The molecule has 0 aliphatic heterocycles. The van der Waals surface area contributed by atoms with Crippen molar-refractivity contribution >= 4 is 38.9 Å². The summed E-state index contributed by atoms with van der Waals surface area (Å²) in [6.45, 7) is 0. The van der Waals surface area contributed by atoms with E-state index in [1.807, 2.05) is 0 Å². The highest BCUT2D eigenvalue weighted by Crippen LogP contribution is 2.30. The lowest BCUT2D eigenvalue weighted by Gasteiger charge is -2.12. The molecular weight excluding hydrogens is 432 g/mol. The first-order chi connectivity index (χ1) is 14.2. The summed E-state index contributed by atoms with van der Waals surface area (Å²) in [6, 6.07) is 13.6. The summed E-state index contributed by atoms with van der Waals surface area (Å²) < 4.78 is 32.6. The number of carbonyl (C=O) groups is 1. The van der Waals surface area contributed by atoms with Crippen molar-refractivity contribution in [1.29, 1.82) is 0 Å². The van der Waals surface area contributed by atoms with Gasteiger partial charge in [0.15, 0.2) is 0 Å². The van der Waals surface area contributed by atoms with Crippen molar-refractivity contribution in [3.63, 3.8) is 0 Å². The van der Waals surface area contributed by atoms with E-state index in [9.17, 15) is 23.4 Å².